The number of rotatable bonds is 5. The van der Waals surface area contributed by atoms with E-state index in [1.54, 1.807) is 0 Å². The van der Waals surface area contributed by atoms with Crippen LogP contribution >= 0.6 is 15.9 Å². The maximum Gasteiger partial charge on any atom is 0.125 e. The highest BCUT2D eigenvalue weighted by molar-refractivity contribution is 9.10. The van der Waals surface area contributed by atoms with Gasteiger partial charge in [0.25, 0.3) is 0 Å². The summed E-state index contributed by atoms with van der Waals surface area (Å²) in [6.45, 7) is 8.90. The second-order valence-corrected chi connectivity index (χ2v) is 3.69. The summed E-state index contributed by atoms with van der Waals surface area (Å²) in [5.41, 5.74) is 1.01. The molecule has 1 rings (SSSR count). The van der Waals surface area contributed by atoms with Crippen molar-refractivity contribution in [3.05, 3.63) is 28.8 Å². The summed E-state index contributed by atoms with van der Waals surface area (Å²) < 4.78 is 8.33. The molecule has 0 unspecified atom stereocenters. The van der Waals surface area contributed by atoms with E-state index in [9.17, 15) is 0 Å². The van der Waals surface area contributed by atoms with Gasteiger partial charge in [-0.2, -0.15) is 0 Å². The predicted octanol–water partition coefficient (Wildman–Crippen LogP) is 2.68. The molecule has 14 heavy (non-hydrogen) atoms. The van der Waals surface area contributed by atoms with E-state index in [-0.39, 0.29) is 0 Å². The Kier molecular flexibility index (Phi) is 4.35. The van der Waals surface area contributed by atoms with Crippen molar-refractivity contribution in [1.29, 1.82) is 0 Å². The van der Waals surface area contributed by atoms with Crippen LogP contribution in [0, 0.1) is 6.92 Å². The maximum absolute atomic E-state index is 5.34. The van der Waals surface area contributed by atoms with Crippen LogP contribution in [0.15, 0.2) is 17.3 Å². The Bertz CT molecular complexity index is 320. The maximum atomic E-state index is 5.34. The topological polar surface area (TPSA) is 27.1 Å². The zero-order chi connectivity index (χ0) is 10.6. The van der Waals surface area contributed by atoms with E-state index in [1.165, 1.54) is 0 Å². The normalized spacial score (nSPS) is 10.5. The summed E-state index contributed by atoms with van der Waals surface area (Å²) in [6, 6.07) is 0. The van der Waals surface area contributed by atoms with Crippen LogP contribution in [0.4, 0.5) is 0 Å². The molecular formula is C10H15BrN2O. The van der Waals surface area contributed by atoms with E-state index < -0.39 is 0 Å². The van der Waals surface area contributed by atoms with Gasteiger partial charge in [0.1, 0.15) is 17.2 Å². The highest BCUT2D eigenvalue weighted by atomic mass is 79.9. The molecule has 4 heteroatoms. The number of imidazole rings is 1. The molecule has 0 atom stereocenters. The third kappa shape index (κ3) is 2.45. The molecule has 0 aliphatic carbocycles. The average molecular weight is 259 g/mol. The number of halogens is 1. The first-order valence-electron chi connectivity index (χ1n) is 4.60. The van der Waals surface area contributed by atoms with Gasteiger partial charge in [-0.05, 0) is 29.8 Å². The van der Waals surface area contributed by atoms with E-state index in [4.69, 9.17) is 4.74 Å². The highest BCUT2D eigenvalue weighted by Gasteiger charge is 2.10. The second kappa shape index (κ2) is 5.32. The molecule has 0 aliphatic heterocycles. The van der Waals surface area contributed by atoms with Crippen molar-refractivity contribution in [3.8, 4) is 0 Å². The van der Waals surface area contributed by atoms with E-state index in [0.717, 1.165) is 22.5 Å². The smallest absolute Gasteiger partial charge is 0.125 e. The van der Waals surface area contributed by atoms with Gasteiger partial charge in [-0.25, -0.2) is 4.98 Å². The largest absolute Gasteiger partial charge is 0.361 e. The van der Waals surface area contributed by atoms with Gasteiger partial charge >= 0.3 is 0 Å². The summed E-state index contributed by atoms with van der Waals surface area (Å²) in [4.78, 5) is 4.42. The molecule has 78 valence electrons. The van der Waals surface area contributed by atoms with Gasteiger partial charge in [-0.3, -0.25) is 4.57 Å². The molecule has 0 spiro atoms. The minimum Gasteiger partial charge on any atom is -0.361 e. The summed E-state index contributed by atoms with van der Waals surface area (Å²) in [5, 5.41) is 0. The monoisotopic (exact) mass is 258 g/mol. The van der Waals surface area contributed by atoms with Crippen molar-refractivity contribution in [2.75, 3.05) is 6.61 Å². The summed E-state index contributed by atoms with van der Waals surface area (Å²) in [7, 11) is 0. The highest BCUT2D eigenvalue weighted by Crippen LogP contribution is 2.19. The van der Waals surface area contributed by atoms with Gasteiger partial charge < -0.3 is 4.74 Å². The van der Waals surface area contributed by atoms with Gasteiger partial charge in [0, 0.05) is 13.0 Å². The summed E-state index contributed by atoms with van der Waals surface area (Å²) >= 11 is 3.51. The molecule has 0 saturated carbocycles. The minimum absolute atomic E-state index is 0.549. The van der Waals surface area contributed by atoms with Crippen LogP contribution in [0.1, 0.15) is 18.4 Å². The molecule has 3 nitrogen and oxygen atoms in total. The van der Waals surface area contributed by atoms with Crippen molar-refractivity contribution in [3.63, 3.8) is 0 Å². The van der Waals surface area contributed by atoms with Crippen molar-refractivity contribution < 1.29 is 4.74 Å². The van der Waals surface area contributed by atoms with Crippen molar-refractivity contribution in [2.24, 2.45) is 0 Å². The zero-order valence-electron chi connectivity index (χ0n) is 8.59. The Morgan fingerprint density at radius 3 is 2.93 bits per heavy atom. The summed E-state index contributed by atoms with van der Waals surface area (Å²) in [6.07, 6.45) is 2.62. The van der Waals surface area contributed by atoms with Gasteiger partial charge in [0.05, 0.1) is 5.69 Å². The number of aryl methyl sites for hydroxylation is 1. The average Bonchev–Trinajstić information content (AvgIpc) is 2.41. The van der Waals surface area contributed by atoms with Crippen LogP contribution in [-0.4, -0.2) is 16.2 Å². The molecule has 0 saturated heterocycles. The SMILES string of the molecule is C=CCc1nc(C)n(COCC)c1Br. The van der Waals surface area contributed by atoms with E-state index >= 15 is 0 Å². The number of aromatic nitrogens is 2. The standard InChI is InChI=1S/C10H15BrN2O/c1-4-6-9-10(11)13(7-14-5-2)8(3)12-9/h4H,1,5-7H2,2-3H3. The quantitative estimate of drug-likeness (QED) is 0.760. The third-order valence-corrected chi connectivity index (χ3v) is 2.81. The first-order chi connectivity index (χ1) is 6.70. The van der Waals surface area contributed by atoms with Crippen molar-refractivity contribution in [1.82, 2.24) is 9.55 Å². The number of hydrogen-bond acceptors (Lipinski definition) is 2. The van der Waals surface area contributed by atoms with E-state index in [0.29, 0.717) is 13.3 Å². The van der Waals surface area contributed by atoms with Gasteiger partial charge in [-0.1, -0.05) is 6.08 Å². The Balaban J connectivity index is 2.86. The fraction of sp³-hybridized carbons (Fsp3) is 0.500. The van der Waals surface area contributed by atoms with Crippen LogP contribution in [0.3, 0.4) is 0 Å². The van der Waals surface area contributed by atoms with Gasteiger partial charge in [0.2, 0.25) is 0 Å². The number of hydrogen-bond donors (Lipinski definition) is 0. The molecule has 0 bridgehead atoms. The summed E-state index contributed by atoms with van der Waals surface area (Å²) in [5.74, 6) is 0.960. The molecule has 1 heterocycles. The second-order valence-electron chi connectivity index (χ2n) is 2.94. The van der Waals surface area contributed by atoms with Crippen molar-refractivity contribution in [2.45, 2.75) is 27.0 Å². The van der Waals surface area contributed by atoms with E-state index in [2.05, 4.69) is 27.5 Å². The molecule has 1 aromatic heterocycles. The Hall–Kier alpha value is -0.610. The Labute approximate surface area is 92.9 Å². The number of nitrogens with zero attached hydrogens (tertiary/aromatic N) is 2. The molecule has 0 N–H and O–H groups in total. The van der Waals surface area contributed by atoms with Gasteiger partial charge in [0.15, 0.2) is 0 Å². The Morgan fingerprint density at radius 2 is 2.36 bits per heavy atom. The van der Waals surface area contributed by atoms with Crippen LogP contribution in [0.5, 0.6) is 0 Å². The van der Waals surface area contributed by atoms with E-state index in [1.807, 2.05) is 24.5 Å². The van der Waals surface area contributed by atoms with Crippen LogP contribution in [0.2, 0.25) is 0 Å². The first-order valence-corrected chi connectivity index (χ1v) is 5.40. The fourth-order valence-corrected chi connectivity index (χ4v) is 1.81. The molecule has 0 aromatic carbocycles. The van der Waals surface area contributed by atoms with Gasteiger partial charge in [-0.15, -0.1) is 6.58 Å². The number of ether oxygens (including phenoxy) is 1. The van der Waals surface area contributed by atoms with Crippen molar-refractivity contribution >= 4 is 15.9 Å². The molecule has 0 fully saturated rings. The molecule has 1 aromatic rings. The number of allylic oxidation sites excluding steroid dienone is 1. The molecule has 0 aliphatic rings. The van der Waals surface area contributed by atoms with Crippen LogP contribution in [0.25, 0.3) is 0 Å². The van der Waals surface area contributed by atoms with Crippen LogP contribution in [-0.2, 0) is 17.9 Å². The Morgan fingerprint density at radius 1 is 1.64 bits per heavy atom. The lowest BCUT2D eigenvalue weighted by Gasteiger charge is -2.05. The first kappa shape index (κ1) is 11.5. The van der Waals surface area contributed by atoms with Crippen LogP contribution < -0.4 is 0 Å². The lowest BCUT2D eigenvalue weighted by molar-refractivity contribution is 0.0849. The zero-order valence-corrected chi connectivity index (χ0v) is 10.2. The molecular weight excluding hydrogens is 244 g/mol. The molecule has 0 amide bonds. The lowest BCUT2D eigenvalue weighted by Crippen LogP contribution is -2.04. The molecule has 0 radical (unpaired) electrons. The lowest BCUT2D eigenvalue weighted by atomic mass is 10.3. The third-order valence-electron chi connectivity index (χ3n) is 1.92. The minimum atomic E-state index is 0.549. The fourth-order valence-electron chi connectivity index (χ4n) is 1.20. The predicted molar refractivity (Wildman–Crippen MR) is 60.2 cm³/mol.